The molecule has 2 heterocycles. The van der Waals surface area contributed by atoms with E-state index in [-0.39, 0.29) is 11.5 Å². The van der Waals surface area contributed by atoms with E-state index in [1.807, 2.05) is 6.92 Å². The standard InChI is InChI=1S/C12H18N2O3S/c1-8-9(10(15)16-3)13-11(18-8)14-12(2)4-6-17-7-5-12/h4-7H2,1-3H3,(H,13,14). The van der Waals surface area contributed by atoms with Crippen LogP contribution in [0.3, 0.4) is 0 Å². The second kappa shape index (κ2) is 5.24. The van der Waals surface area contributed by atoms with Gasteiger partial charge in [0.1, 0.15) is 0 Å². The van der Waals surface area contributed by atoms with Crippen LogP contribution >= 0.6 is 11.3 Å². The maximum absolute atomic E-state index is 11.5. The minimum atomic E-state index is -0.381. The molecular formula is C12H18N2O3S. The third kappa shape index (κ3) is 2.81. The topological polar surface area (TPSA) is 60.5 Å². The zero-order chi connectivity index (χ0) is 13.2. The van der Waals surface area contributed by atoms with Gasteiger partial charge in [-0.15, -0.1) is 11.3 Å². The van der Waals surface area contributed by atoms with Crippen LogP contribution in [0.25, 0.3) is 0 Å². The monoisotopic (exact) mass is 270 g/mol. The number of nitrogens with one attached hydrogen (secondary N) is 1. The van der Waals surface area contributed by atoms with E-state index in [1.165, 1.54) is 18.4 Å². The summed E-state index contributed by atoms with van der Waals surface area (Å²) in [5.41, 5.74) is 0.399. The number of thiazole rings is 1. The van der Waals surface area contributed by atoms with Crippen molar-refractivity contribution in [3.63, 3.8) is 0 Å². The van der Waals surface area contributed by atoms with Gasteiger partial charge in [-0.05, 0) is 26.7 Å². The number of methoxy groups -OCH3 is 1. The van der Waals surface area contributed by atoms with Gasteiger partial charge >= 0.3 is 5.97 Å². The summed E-state index contributed by atoms with van der Waals surface area (Å²) >= 11 is 1.49. The van der Waals surface area contributed by atoms with Crippen molar-refractivity contribution in [2.75, 3.05) is 25.6 Å². The first-order valence-electron chi connectivity index (χ1n) is 5.96. The molecule has 0 aliphatic carbocycles. The average Bonchev–Trinajstić information content (AvgIpc) is 2.69. The van der Waals surface area contributed by atoms with Crippen LogP contribution in [-0.2, 0) is 9.47 Å². The van der Waals surface area contributed by atoms with E-state index >= 15 is 0 Å². The van der Waals surface area contributed by atoms with Gasteiger partial charge in [-0.3, -0.25) is 0 Å². The highest BCUT2D eigenvalue weighted by molar-refractivity contribution is 7.15. The predicted octanol–water partition coefficient (Wildman–Crippen LogP) is 2.22. The van der Waals surface area contributed by atoms with E-state index in [4.69, 9.17) is 9.47 Å². The van der Waals surface area contributed by atoms with Crippen molar-refractivity contribution in [2.45, 2.75) is 32.2 Å². The van der Waals surface area contributed by atoms with Crippen molar-refractivity contribution in [3.8, 4) is 0 Å². The van der Waals surface area contributed by atoms with Crippen LogP contribution in [0.5, 0.6) is 0 Å². The Hall–Kier alpha value is -1.14. The smallest absolute Gasteiger partial charge is 0.357 e. The number of carbonyl (C=O) groups is 1. The summed E-state index contributed by atoms with van der Waals surface area (Å²) in [5.74, 6) is -0.381. The molecular weight excluding hydrogens is 252 g/mol. The molecule has 1 aliphatic rings. The summed E-state index contributed by atoms with van der Waals surface area (Å²) in [4.78, 5) is 16.7. The number of esters is 1. The highest BCUT2D eigenvalue weighted by atomic mass is 32.1. The van der Waals surface area contributed by atoms with Crippen LogP contribution in [0.2, 0.25) is 0 Å². The molecule has 1 saturated heterocycles. The number of nitrogens with zero attached hydrogens (tertiary/aromatic N) is 1. The van der Waals surface area contributed by atoms with Gasteiger partial charge < -0.3 is 14.8 Å². The molecule has 1 fully saturated rings. The highest BCUT2D eigenvalue weighted by Crippen LogP contribution is 2.29. The third-order valence-corrected chi connectivity index (χ3v) is 4.07. The van der Waals surface area contributed by atoms with Crippen molar-refractivity contribution >= 4 is 22.4 Å². The zero-order valence-corrected chi connectivity index (χ0v) is 11.7. The summed E-state index contributed by atoms with van der Waals surface area (Å²) in [6.45, 7) is 5.56. The molecule has 0 spiro atoms. The zero-order valence-electron chi connectivity index (χ0n) is 10.9. The second-order valence-electron chi connectivity index (χ2n) is 4.71. The molecule has 0 unspecified atom stereocenters. The number of anilines is 1. The molecule has 0 atom stereocenters. The first kappa shape index (κ1) is 13.3. The van der Waals surface area contributed by atoms with Crippen LogP contribution in [0.4, 0.5) is 5.13 Å². The molecule has 6 heteroatoms. The lowest BCUT2D eigenvalue weighted by Gasteiger charge is -2.34. The Kier molecular flexibility index (Phi) is 3.87. The molecule has 5 nitrogen and oxygen atoms in total. The largest absolute Gasteiger partial charge is 0.464 e. The summed E-state index contributed by atoms with van der Waals surface area (Å²) in [7, 11) is 1.37. The quantitative estimate of drug-likeness (QED) is 0.853. The fourth-order valence-corrected chi connectivity index (χ4v) is 2.89. The molecule has 1 N–H and O–H groups in total. The lowest BCUT2D eigenvalue weighted by molar-refractivity contribution is 0.0592. The minimum absolute atomic E-state index is 0.00403. The summed E-state index contributed by atoms with van der Waals surface area (Å²) < 4.78 is 10.1. The first-order valence-corrected chi connectivity index (χ1v) is 6.77. The molecule has 0 bridgehead atoms. The van der Waals surface area contributed by atoms with Gasteiger partial charge in [0.2, 0.25) is 0 Å². The first-order chi connectivity index (χ1) is 8.54. The van der Waals surface area contributed by atoms with Crippen LogP contribution in [-0.4, -0.2) is 36.8 Å². The molecule has 0 radical (unpaired) electrons. The Morgan fingerprint density at radius 3 is 2.78 bits per heavy atom. The van der Waals surface area contributed by atoms with Gasteiger partial charge in [0, 0.05) is 23.6 Å². The lowest BCUT2D eigenvalue weighted by atomic mass is 9.93. The van der Waals surface area contributed by atoms with Crippen LogP contribution in [0, 0.1) is 6.92 Å². The van der Waals surface area contributed by atoms with E-state index in [0.29, 0.717) is 5.69 Å². The molecule has 1 aromatic heterocycles. The van der Waals surface area contributed by atoms with Gasteiger partial charge in [-0.1, -0.05) is 0 Å². The Morgan fingerprint density at radius 1 is 1.50 bits per heavy atom. The Morgan fingerprint density at radius 2 is 2.17 bits per heavy atom. The SMILES string of the molecule is COC(=O)c1nc(NC2(C)CCOCC2)sc1C. The van der Waals surface area contributed by atoms with E-state index < -0.39 is 0 Å². The van der Waals surface area contributed by atoms with Gasteiger partial charge in [0.05, 0.1) is 7.11 Å². The molecule has 1 aliphatic heterocycles. The number of carbonyl (C=O) groups excluding carboxylic acids is 1. The molecule has 0 amide bonds. The maximum atomic E-state index is 11.5. The van der Waals surface area contributed by atoms with Crippen molar-refractivity contribution in [1.29, 1.82) is 0 Å². The fraction of sp³-hybridized carbons (Fsp3) is 0.667. The van der Waals surface area contributed by atoms with Gasteiger partial charge in [0.15, 0.2) is 10.8 Å². The number of hydrogen-bond donors (Lipinski definition) is 1. The minimum Gasteiger partial charge on any atom is -0.464 e. The number of hydrogen-bond acceptors (Lipinski definition) is 6. The Bertz CT molecular complexity index is 439. The summed E-state index contributed by atoms with van der Waals surface area (Å²) in [5, 5.41) is 4.19. The lowest BCUT2D eigenvalue weighted by Crippen LogP contribution is -2.40. The van der Waals surface area contributed by atoms with Crippen LogP contribution in [0.1, 0.15) is 35.1 Å². The number of aromatic nitrogens is 1. The molecule has 0 aromatic carbocycles. The van der Waals surface area contributed by atoms with E-state index in [0.717, 1.165) is 36.1 Å². The van der Waals surface area contributed by atoms with Crippen molar-refractivity contribution < 1.29 is 14.3 Å². The normalized spacial score (nSPS) is 18.4. The van der Waals surface area contributed by atoms with E-state index in [1.54, 1.807) is 0 Å². The molecule has 1 aromatic rings. The number of ether oxygens (including phenoxy) is 2. The highest BCUT2D eigenvalue weighted by Gasteiger charge is 2.28. The molecule has 100 valence electrons. The van der Waals surface area contributed by atoms with Gasteiger partial charge in [-0.2, -0.15) is 0 Å². The predicted molar refractivity (Wildman–Crippen MR) is 70.3 cm³/mol. The second-order valence-corrected chi connectivity index (χ2v) is 5.92. The Balaban J connectivity index is 2.12. The summed E-state index contributed by atoms with van der Waals surface area (Å²) in [6, 6.07) is 0. The van der Waals surface area contributed by atoms with Crippen molar-refractivity contribution in [2.24, 2.45) is 0 Å². The third-order valence-electron chi connectivity index (χ3n) is 3.18. The average molecular weight is 270 g/mol. The molecule has 18 heavy (non-hydrogen) atoms. The number of rotatable bonds is 3. The van der Waals surface area contributed by atoms with Crippen molar-refractivity contribution in [3.05, 3.63) is 10.6 Å². The fourth-order valence-electron chi connectivity index (χ4n) is 1.94. The van der Waals surface area contributed by atoms with Gasteiger partial charge in [0.25, 0.3) is 0 Å². The Labute approximate surface area is 111 Å². The van der Waals surface area contributed by atoms with E-state index in [2.05, 4.69) is 17.2 Å². The summed E-state index contributed by atoms with van der Waals surface area (Å²) in [6.07, 6.45) is 1.89. The maximum Gasteiger partial charge on any atom is 0.357 e. The van der Waals surface area contributed by atoms with Crippen LogP contribution in [0.15, 0.2) is 0 Å². The molecule has 0 saturated carbocycles. The van der Waals surface area contributed by atoms with E-state index in [9.17, 15) is 4.79 Å². The van der Waals surface area contributed by atoms with Crippen molar-refractivity contribution in [1.82, 2.24) is 4.98 Å². The molecule has 2 rings (SSSR count). The van der Waals surface area contributed by atoms with Gasteiger partial charge in [-0.25, -0.2) is 9.78 Å². The number of aryl methyl sites for hydroxylation is 1. The van der Waals surface area contributed by atoms with Crippen LogP contribution < -0.4 is 5.32 Å².